The van der Waals surface area contributed by atoms with Crippen LogP contribution in [0.4, 0.5) is 0 Å². The van der Waals surface area contributed by atoms with Gasteiger partial charge in [-0.15, -0.1) is 0 Å². The Balaban J connectivity index is 1.70. The summed E-state index contributed by atoms with van der Waals surface area (Å²) in [6.07, 6.45) is 0. The summed E-state index contributed by atoms with van der Waals surface area (Å²) < 4.78 is 5.04. The first kappa shape index (κ1) is 19.6. The van der Waals surface area contributed by atoms with E-state index in [1.165, 1.54) is 68.0 Å². The summed E-state index contributed by atoms with van der Waals surface area (Å²) in [4.78, 5) is 0. The van der Waals surface area contributed by atoms with Crippen LogP contribution in [0.25, 0.3) is 38.6 Å². The molecular formula is C31H17I2N. The Kier molecular flexibility index (Phi) is 3.89. The first-order valence-electron chi connectivity index (χ1n) is 11.4. The van der Waals surface area contributed by atoms with Crippen LogP contribution >= 0.6 is 45.2 Å². The van der Waals surface area contributed by atoms with Gasteiger partial charge in [-0.3, -0.25) is 0 Å². The Morgan fingerprint density at radius 3 is 1.91 bits per heavy atom. The second-order valence-corrected chi connectivity index (χ2v) is 11.7. The van der Waals surface area contributed by atoms with Crippen molar-refractivity contribution in [2.24, 2.45) is 0 Å². The fraction of sp³-hybridized carbons (Fsp3) is 0.0323. The lowest BCUT2D eigenvalue weighted by atomic mass is 9.65. The molecule has 2 aliphatic rings. The van der Waals surface area contributed by atoms with E-state index in [-0.39, 0.29) is 5.41 Å². The molecule has 160 valence electrons. The molecule has 0 unspecified atom stereocenters. The molecular weight excluding hydrogens is 640 g/mol. The van der Waals surface area contributed by atoms with Gasteiger partial charge < -0.3 is 4.57 Å². The van der Waals surface area contributed by atoms with Gasteiger partial charge in [0, 0.05) is 17.9 Å². The zero-order valence-corrected chi connectivity index (χ0v) is 22.3. The predicted octanol–water partition coefficient (Wildman–Crippen LogP) is 8.67. The van der Waals surface area contributed by atoms with Gasteiger partial charge in [-0.2, -0.15) is 0 Å². The van der Waals surface area contributed by atoms with Crippen LogP contribution in [0.2, 0.25) is 0 Å². The number of rotatable bonds is 0. The maximum absolute atomic E-state index is 2.50. The molecule has 0 radical (unpaired) electrons. The summed E-state index contributed by atoms with van der Waals surface area (Å²) in [5, 5.41) is 2.64. The van der Waals surface area contributed by atoms with Gasteiger partial charge >= 0.3 is 0 Å². The lowest BCUT2D eigenvalue weighted by Gasteiger charge is -2.39. The van der Waals surface area contributed by atoms with Crippen LogP contribution in [0.1, 0.15) is 22.3 Å². The van der Waals surface area contributed by atoms with E-state index in [0.29, 0.717) is 0 Å². The van der Waals surface area contributed by atoms with E-state index in [1.807, 2.05) is 0 Å². The molecule has 1 nitrogen and oxygen atoms in total. The molecule has 1 aliphatic carbocycles. The summed E-state index contributed by atoms with van der Waals surface area (Å²) in [5.74, 6) is 0. The molecule has 0 fully saturated rings. The van der Waals surface area contributed by atoms with Crippen LogP contribution < -0.4 is 0 Å². The van der Waals surface area contributed by atoms with Crippen molar-refractivity contribution in [2.75, 3.05) is 0 Å². The normalized spacial score (nSPS) is 14.4. The minimum atomic E-state index is -0.340. The Morgan fingerprint density at radius 2 is 1.15 bits per heavy atom. The van der Waals surface area contributed by atoms with E-state index in [1.54, 1.807) is 0 Å². The third kappa shape index (κ3) is 2.21. The van der Waals surface area contributed by atoms with Crippen LogP contribution in [0, 0.1) is 7.14 Å². The van der Waals surface area contributed by atoms with E-state index in [0.717, 1.165) is 0 Å². The van der Waals surface area contributed by atoms with Gasteiger partial charge in [-0.05, 0) is 115 Å². The van der Waals surface area contributed by atoms with Crippen molar-refractivity contribution in [3.8, 4) is 16.8 Å². The number of hydrogen-bond acceptors (Lipinski definition) is 0. The minimum absolute atomic E-state index is 0.340. The number of para-hydroxylation sites is 3. The Bertz CT molecular complexity index is 1790. The summed E-state index contributed by atoms with van der Waals surface area (Å²) >= 11 is 4.94. The van der Waals surface area contributed by atoms with Crippen LogP contribution in [0.5, 0.6) is 0 Å². The van der Waals surface area contributed by atoms with Gasteiger partial charge in [-0.25, -0.2) is 0 Å². The number of nitrogens with zero attached hydrogens (tertiary/aromatic N) is 1. The Labute approximate surface area is 224 Å². The molecule has 2 heterocycles. The van der Waals surface area contributed by atoms with Crippen LogP contribution in [-0.2, 0) is 5.41 Å². The zero-order chi connectivity index (χ0) is 22.6. The molecule has 6 aromatic rings. The Hall–Kier alpha value is -2.64. The van der Waals surface area contributed by atoms with Gasteiger partial charge in [0.05, 0.1) is 22.1 Å². The van der Waals surface area contributed by atoms with Crippen molar-refractivity contribution in [3.05, 3.63) is 133 Å². The first-order chi connectivity index (χ1) is 16.7. The summed E-state index contributed by atoms with van der Waals surface area (Å²) in [6, 6.07) is 38.8. The van der Waals surface area contributed by atoms with Crippen molar-refractivity contribution in [3.63, 3.8) is 0 Å². The highest BCUT2D eigenvalue weighted by Crippen LogP contribution is 2.61. The average Bonchev–Trinajstić information content (AvgIpc) is 3.34. The quantitative estimate of drug-likeness (QED) is 0.144. The van der Waals surface area contributed by atoms with E-state index < -0.39 is 0 Å². The molecule has 0 amide bonds. The molecule has 34 heavy (non-hydrogen) atoms. The fourth-order valence-corrected chi connectivity index (χ4v) is 7.53. The van der Waals surface area contributed by atoms with Crippen molar-refractivity contribution < 1.29 is 0 Å². The lowest BCUT2D eigenvalue weighted by Crippen LogP contribution is -2.33. The van der Waals surface area contributed by atoms with Crippen molar-refractivity contribution in [1.29, 1.82) is 0 Å². The lowest BCUT2D eigenvalue weighted by molar-refractivity contribution is 0.747. The molecule has 8 rings (SSSR count). The molecule has 0 bridgehead atoms. The fourth-order valence-electron chi connectivity index (χ4n) is 6.55. The number of aromatic nitrogens is 1. The average molecular weight is 657 g/mol. The second-order valence-electron chi connectivity index (χ2n) is 9.20. The van der Waals surface area contributed by atoms with Crippen LogP contribution in [0.3, 0.4) is 0 Å². The van der Waals surface area contributed by atoms with Crippen LogP contribution in [-0.4, -0.2) is 4.57 Å². The monoisotopic (exact) mass is 657 g/mol. The third-order valence-corrected chi connectivity index (χ3v) is 9.05. The molecule has 0 N–H and O–H groups in total. The zero-order valence-electron chi connectivity index (χ0n) is 18.0. The van der Waals surface area contributed by atoms with E-state index in [9.17, 15) is 0 Å². The predicted molar refractivity (Wildman–Crippen MR) is 157 cm³/mol. The molecule has 0 atom stereocenters. The van der Waals surface area contributed by atoms with E-state index in [2.05, 4.69) is 153 Å². The minimum Gasteiger partial charge on any atom is -0.309 e. The molecule has 1 aromatic heterocycles. The smallest absolute Gasteiger partial charge is 0.0755 e. The number of fused-ring (bicyclic) bond motifs is 12. The largest absolute Gasteiger partial charge is 0.309 e. The highest BCUT2D eigenvalue weighted by molar-refractivity contribution is 14.1. The van der Waals surface area contributed by atoms with Gasteiger partial charge in [0.25, 0.3) is 0 Å². The van der Waals surface area contributed by atoms with Gasteiger partial charge in [-0.1, -0.05) is 66.7 Å². The maximum Gasteiger partial charge on any atom is 0.0755 e. The molecule has 5 aromatic carbocycles. The van der Waals surface area contributed by atoms with Gasteiger partial charge in [0.1, 0.15) is 0 Å². The highest BCUT2D eigenvalue weighted by atomic mass is 127. The van der Waals surface area contributed by atoms with Crippen LogP contribution in [0.15, 0.2) is 103 Å². The van der Waals surface area contributed by atoms with Crippen molar-refractivity contribution >= 4 is 67.0 Å². The SMILES string of the molecule is Ic1ccc2c(c1)C1(c3cc(I)ccc3-2)c2ccccc2-n2c3ccccc3c3cccc1c32. The summed E-state index contributed by atoms with van der Waals surface area (Å²) in [6.45, 7) is 0. The second kappa shape index (κ2) is 6.73. The highest BCUT2D eigenvalue weighted by Gasteiger charge is 2.50. The molecule has 1 aliphatic heterocycles. The van der Waals surface area contributed by atoms with Crippen molar-refractivity contribution in [1.82, 2.24) is 4.57 Å². The molecule has 3 heteroatoms. The molecule has 0 saturated heterocycles. The standard InChI is InChI=1S/C31H17I2N/c32-18-12-14-20-21-15-13-19(33)17-27(21)31(26(20)16-18)24-8-2-4-11-29(24)34-28-10-3-1-6-22(28)23-7-5-9-25(31)30(23)34/h1-17H. The Morgan fingerprint density at radius 1 is 0.529 bits per heavy atom. The summed E-state index contributed by atoms with van der Waals surface area (Å²) in [5.41, 5.74) is 11.8. The molecule has 0 saturated carbocycles. The van der Waals surface area contributed by atoms with Crippen molar-refractivity contribution in [2.45, 2.75) is 5.41 Å². The maximum atomic E-state index is 2.50. The topological polar surface area (TPSA) is 4.93 Å². The number of hydrogen-bond donors (Lipinski definition) is 0. The van der Waals surface area contributed by atoms with E-state index >= 15 is 0 Å². The van der Waals surface area contributed by atoms with Gasteiger partial charge in [0.15, 0.2) is 0 Å². The summed E-state index contributed by atoms with van der Waals surface area (Å²) in [7, 11) is 0. The number of halogens is 2. The molecule has 1 spiro atoms. The van der Waals surface area contributed by atoms with Gasteiger partial charge in [0.2, 0.25) is 0 Å². The number of benzene rings is 5. The first-order valence-corrected chi connectivity index (χ1v) is 13.6. The van der Waals surface area contributed by atoms with E-state index in [4.69, 9.17) is 0 Å². The third-order valence-electron chi connectivity index (χ3n) is 7.71.